The summed E-state index contributed by atoms with van der Waals surface area (Å²) in [6.07, 6.45) is 1.36. The molecule has 0 rings (SSSR count). The van der Waals surface area contributed by atoms with E-state index in [0.29, 0.717) is 6.42 Å². The van der Waals surface area contributed by atoms with E-state index in [9.17, 15) is 4.79 Å². The van der Waals surface area contributed by atoms with Gasteiger partial charge in [0.1, 0.15) is 23.0 Å². The largest absolute Gasteiger partial charge is 0.479 e. The van der Waals surface area contributed by atoms with Crippen molar-refractivity contribution in [3.8, 4) is 0 Å². The van der Waals surface area contributed by atoms with Gasteiger partial charge in [0.15, 0.2) is 5.60 Å². The highest BCUT2D eigenvalue weighted by Crippen LogP contribution is 2.20. The molecule has 60 valence electrons. The molecule has 4 heteroatoms. The molecule has 10 heavy (non-hydrogen) atoms. The summed E-state index contributed by atoms with van der Waals surface area (Å²) in [5.41, 5.74) is -1.00. The van der Waals surface area contributed by atoms with E-state index in [1.165, 1.54) is 0 Å². The van der Waals surface area contributed by atoms with Crippen molar-refractivity contribution in [1.82, 2.24) is 0 Å². The van der Waals surface area contributed by atoms with Gasteiger partial charge < -0.3 is 5.11 Å². The van der Waals surface area contributed by atoms with Crippen LogP contribution in [0, 0.1) is 0 Å². The molecule has 1 unspecified atom stereocenters. The van der Waals surface area contributed by atoms with E-state index in [4.69, 9.17) is 8.17 Å². The summed E-state index contributed by atoms with van der Waals surface area (Å²) in [7, 11) is 0. The van der Waals surface area contributed by atoms with Crippen LogP contribution in [0.2, 0.25) is 0 Å². The number of aliphatic carboxylic acids is 1. The van der Waals surface area contributed by atoms with Crippen molar-refractivity contribution >= 4 is 29.0 Å². The predicted octanol–water partition coefficient (Wildman–Crippen LogP) is 2.00. The zero-order valence-corrected chi connectivity index (χ0v) is 8.21. The third-order valence-electron chi connectivity index (χ3n) is 1.35. The Kier molecular flexibility index (Phi) is 4.19. The average Bonchev–Trinajstić information content (AvgIpc) is 1.88. The molecule has 0 aromatic carbocycles. The number of rotatable bonds is 4. The zero-order chi connectivity index (χ0) is 8.20. The minimum Gasteiger partial charge on any atom is -0.479 e. The molecule has 0 aliphatic heterocycles. The molecule has 0 bridgehead atoms. The fraction of sp³-hybridized carbons (Fsp3) is 0.833. The summed E-state index contributed by atoms with van der Waals surface area (Å²) in [6, 6.07) is 0. The number of carboxylic acids is 1. The van der Waals surface area contributed by atoms with Crippen molar-refractivity contribution in [2.75, 3.05) is 0 Å². The quantitative estimate of drug-likeness (QED) is 0.784. The van der Waals surface area contributed by atoms with E-state index in [-0.39, 0.29) is 0 Å². The van der Waals surface area contributed by atoms with E-state index in [2.05, 4.69) is 0 Å². The van der Waals surface area contributed by atoms with Crippen molar-refractivity contribution in [2.45, 2.75) is 32.3 Å². The first kappa shape index (κ1) is 10.2. The van der Waals surface area contributed by atoms with Gasteiger partial charge in [-0.3, -0.25) is 3.07 Å². The first-order valence-electron chi connectivity index (χ1n) is 3.10. The Morgan fingerprint density at radius 1 is 1.80 bits per heavy atom. The molecular formula is C6H11IO3. The molecule has 1 N–H and O–H groups in total. The van der Waals surface area contributed by atoms with Gasteiger partial charge in [-0.1, -0.05) is 13.3 Å². The Balaban J connectivity index is 4.08. The third-order valence-corrected chi connectivity index (χ3v) is 2.32. The molecule has 0 saturated heterocycles. The SMILES string of the molecule is CCCC(C)(OI)C(=O)O. The van der Waals surface area contributed by atoms with Crippen LogP contribution in [0.3, 0.4) is 0 Å². The Hall–Kier alpha value is 0.160. The van der Waals surface area contributed by atoms with Gasteiger partial charge in [-0.15, -0.1) is 0 Å². The van der Waals surface area contributed by atoms with Gasteiger partial charge in [0.2, 0.25) is 0 Å². The molecular weight excluding hydrogens is 247 g/mol. The van der Waals surface area contributed by atoms with Crippen LogP contribution in [0.1, 0.15) is 26.7 Å². The lowest BCUT2D eigenvalue weighted by molar-refractivity contribution is -0.151. The third kappa shape index (κ3) is 2.42. The summed E-state index contributed by atoms with van der Waals surface area (Å²) in [5.74, 6) is -0.899. The zero-order valence-electron chi connectivity index (χ0n) is 6.06. The number of halogens is 1. The fourth-order valence-corrected chi connectivity index (χ4v) is 1.06. The smallest absolute Gasteiger partial charge is 0.336 e. The highest BCUT2D eigenvalue weighted by Gasteiger charge is 2.32. The minimum absolute atomic E-state index is 0.547. The predicted molar refractivity (Wildman–Crippen MR) is 46.1 cm³/mol. The van der Waals surface area contributed by atoms with Crippen molar-refractivity contribution in [2.24, 2.45) is 0 Å². The van der Waals surface area contributed by atoms with Crippen LogP contribution in [0.4, 0.5) is 0 Å². The molecule has 0 radical (unpaired) electrons. The van der Waals surface area contributed by atoms with Crippen molar-refractivity contribution in [1.29, 1.82) is 0 Å². The Morgan fingerprint density at radius 2 is 2.30 bits per heavy atom. The summed E-state index contributed by atoms with van der Waals surface area (Å²) in [4.78, 5) is 10.5. The van der Waals surface area contributed by atoms with Gasteiger partial charge in [0, 0.05) is 0 Å². The van der Waals surface area contributed by atoms with E-state index < -0.39 is 11.6 Å². The molecule has 0 spiro atoms. The number of hydrogen-bond acceptors (Lipinski definition) is 2. The molecule has 3 nitrogen and oxygen atoms in total. The number of carbonyl (C=O) groups is 1. The molecule has 0 fully saturated rings. The summed E-state index contributed by atoms with van der Waals surface area (Å²) >= 11 is 1.62. The summed E-state index contributed by atoms with van der Waals surface area (Å²) in [5, 5.41) is 8.63. The van der Waals surface area contributed by atoms with Crippen molar-refractivity contribution < 1.29 is 13.0 Å². The summed E-state index contributed by atoms with van der Waals surface area (Å²) < 4.78 is 4.81. The Bertz CT molecular complexity index is 126. The number of carboxylic acid groups (broad SMARTS) is 1. The standard InChI is InChI=1S/C6H11IO3/c1-3-4-6(2,10-7)5(8)9/h3-4H2,1-2H3,(H,8,9). The Morgan fingerprint density at radius 3 is 2.40 bits per heavy atom. The number of hydrogen-bond donors (Lipinski definition) is 1. The molecule has 0 saturated carbocycles. The lowest BCUT2D eigenvalue weighted by Crippen LogP contribution is -2.35. The lowest BCUT2D eigenvalue weighted by Gasteiger charge is -2.19. The van der Waals surface area contributed by atoms with Gasteiger partial charge in [-0.05, 0) is 13.3 Å². The van der Waals surface area contributed by atoms with E-state index in [1.807, 2.05) is 6.92 Å². The van der Waals surface area contributed by atoms with Crippen molar-refractivity contribution in [3.05, 3.63) is 0 Å². The van der Waals surface area contributed by atoms with Crippen LogP contribution in [0.25, 0.3) is 0 Å². The van der Waals surface area contributed by atoms with Gasteiger partial charge in [0.25, 0.3) is 0 Å². The normalized spacial score (nSPS) is 16.3. The highest BCUT2D eigenvalue weighted by atomic mass is 127. The first-order valence-corrected chi connectivity index (χ1v) is 3.98. The molecule has 0 aromatic rings. The lowest BCUT2D eigenvalue weighted by atomic mass is 10.0. The van der Waals surface area contributed by atoms with Gasteiger partial charge in [-0.2, -0.15) is 0 Å². The van der Waals surface area contributed by atoms with Gasteiger partial charge in [0.05, 0.1) is 0 Å². The molecule has 0 amide bonds. The minimum atomic E-state index is -1.00. The van der Waals surface area contributed by atoms with Crippen LogP contribution in [0.5, 0.6) is 0 Å². The maximum atomic E-state index is 10.5. The molecule has 0 aliphatic carbocycles. The van der Waals surface area contributed by atoms with Crippen LogP contribution < -0.4 is 0 Å². The average molecular weight is 258 g/mol. The maximum absolute atomic E-state index is 10.5. The second-order valence-electron chi connectivity index (χ2n) is 2.36. The molecule has 0 aromatic heterocycles. The summed E-state index contributed by atoms with van der Waals surface area (Å²) in [6.45, 7) is 3.50. The molecule has 1 atom stereocenters. The first-order chi connectivity index (χ1) is 4.56. The highest BCUT2D eigenvalue weighted by molar-refractivity contribution is 14.1. The van der Waals surface area contributed by atoms with Crippen LogP contribution in [0.15, 0.2) is 0 Å². The van der Waals surface area contributed by atoms with E-state index in [0.717, 1.165) is 6.42 Å². The van der Waals surface area contributed by atoms with Gasteiger partial charge >= 0.3 is 5.97 Å². The monoisotopic (exact) mass is 258 g/mol. The topological polar surface area (TPSA) is 46.5 Å². The second kappa shape index (κ2) is 4.12. The van der Waals surface area contributed by atoms with Gasteiger partial charge in [-0.25, -0.2) is 4.79 Å². The molecule has 0 heterocycles. The van der Waals surface area contributed by atoms with Crippen LogP contribution in [-0.4, -0.2) is 16.7 Å². The van der Waals surface area contributed by atoms with E-state index in [1.54, 1.807) is 29.9 Å². The van der Waals surface area contributed by atoms with E-state index >= 15 is 0 Å². The fourth-order valence-electron chi connectivity index (χ4n) is 0.656. The molecule has 0 aliphatic rings. The Labute approximate surface area is 74.4 Å². The second-order valence-corrected chi connectivity index (χ2v) is 2.80. The maximum Gasteiger partial charge on any atom is 0.336 e. The van der Waals surface area contributed by atoms with Crippen LogP contribution in [-0.2, 0) is 7.86 Å². The van der Waals surface area contributed by atoms with Crippen molar-refractivity contribution in [3.63, 3.8) is 0 Å². The van der Waals surface area contributed by atoms with Crippen LogP contribution >= 0.6 is 23.0 Å².